The minimum Gasteiger partial charge on any atom is -0.495 e. The summed E-state index contributed by atoms with van der Waals surface area (Å²) in [5.41, 5.74) is 0.397. The first-order valence-corrected chi connectivity index (χ1v) is 10.2. The Bertz CT molecular complexity index is 762. The first-order chi connectivity index (χ1) is 13.5. The highest BCUT2D eigenvalue weighted by molar-refractivity contribution is 6.32. The molecule has 0 aromatic heterocycles. The minimum atomic E-state index is -0.214. The lowest BCUT2D eigenvalue weighted by Gasteiger charge is -2.37. The Morgan fingerprint density at radius 3 is 2.68 bits per heavy atom. The van der Waals surface area contributed by atoms with Crippen molar-refractivity contribution in [2.45, 2.75) is 31.7 Å². The number of carbonyl (C=O) groups excluding carboxylic acids is 2. The van der Waals surface area contributed by atoms with E-state index in [-0.39, 0.29) is 23.3 Å². The second-order valence-corrected chi connectivity index (χ2v) is 8.38. The average molecular weight is 408 g/mol. The van der Waals surface area contributed by atoms with Crippen molar-refractivity contribution in [3.8, 4) is 5.75 Å². The third kappa shape index (κ3) is 3.91. The smallest absolute Gasteiger partial charge is 0.321 e. The van der Waals surface area contributed by atoms with E-state index in [9.17, 15) is 9.59 Å². The van der Waals surface area contributed by atoms with Gasteiger partial charge in [0.1, 0.15) is 5.75 Å². The van der Waals surface area contributed by atoms with Crippen molar-refractivity contribution in [1.82, 2.24) is 10.2 Å². The van der Waals surface area contributed by atoms with E-state index < -0.39 is 0 Å². The number of nitrogens with one attached hydrogen (secondary N) is 2. The van der Waals surface area contributed by atoms with E-state index in [1.165, 1.54) is 0 Å². The molecule has 2 heterocycles. The Morgan fingerprint density at radius 2 is 2.04 bits per heavy atom. The van der Waals surface area contributed by atoms with E-state index in [2.05, 4.69) is 10.6 Å². The number of hydrogen-bond acceptors (Lipinski definition) is 4. The Kier molecular flexibility index (Phi) is 5.38. The van der Waals surface area contributed by atoms with Gasteiger partial charge in [-0.3, -0.25) is 4.79 Å². The van der Waals surface area contributed by atoms with Crippen molar-refractivity contribution >= 4 is 29.2 Å². The van der Waals surface area contributed by atoms with Gasteiger partial charge in [-0.1, -0.05) is 11.6 Å². The van der Waals surface area contributed by atoms with Crippen LogP contribution < -0.4 is 15.4 Å². The maximum Gasteiger partial charge on any atom is 0.321 e. The molecule has 1 aromatic rings. The highest BCUT2D eigenvalue weighted by Gasteiger charge is 2.52. The molecule has 1 atom stereocenters. The summed E-state index contributed by atoms with van der Waals surface area (Å²) in [4.78, 5) is 27.5. The van der Waals surface area contributed by atoms with Crippen LogP contribution in [0.1, 0.15) is 25.7 Å². The molecule has 2 saturated heterocycles. The highest BCUT2D eigenvalue weighted by atomic mass is 35.5. The minimum absolute atomic E-state index is 0.0761. The van der Waals surface area contributed by atoms with Gasteiger partial charge < -0.3 is 25.0 Å². The summed E-state index contributed by atoms with van der Waals surface area (Å²) >= 11 is 6.15. The number of urea groups is 1. The highest BCUT2D eigenvalue weighted by Crippen LogP contribution is 2.45. The van der Waals surface area contributed by atoms with E-state index in [1.54, 1.807) is 30.2 Å². The lowest BCUT2D eigenvalue weighted by atomic mass is 9.71. The SMILES string of the molecule is COc1ccc(NC(=O)N2C[C@H](C(=O)NC3CC3)C3(CCOCC3)C2)cc1Cl. The van der Waals surface area contributed by atoms with Gasteiger partial charge in [-0.25, -0.2) is 4.79 Å². The maximum absolute atomic E-state index is 12.9. The number of ether oxygens (including phenoxy) is 2. The average Bonchev–Trinajstić information content (AvgIpc) is 3.42. The zero-order chi connectivity index (χ0) is 19.7. The number of likely N-dealkylation sites (tertiary alicyclic amines) is 1. The van der Waals surface area contributed by atoms with Gasteiger partial charge in [0.15, 0.2) is 0 Å². The van der Waals surface area contributed by atoms with Crippen LogP contribution in [-0.4, -0.2) is 56.3 Å². The van der Waals surface area contributed by atoms with Gasteiger partial charge in [0.25, 0.3) is 0 Å². The van der Waals surface area contributed by atoms with E-state index in [4.69, 9.17) is 21.1 Å². The van der Waals surface area contributed by atoms with Crippen molar-refractivity contribution in [2.24, 2.45) is 11.3 Å². The molecule has 152 valence electrons. The molecule has 2 N–H and O–H groups in total. The summed E-state index contributed by atoms with van der Waals surface area (Å²) in [5.74, 6) is 0.438. The first-order valence-electron chi connectivity index (χ1n) is 9.78. The van der Waals surface area contributed by atoms with Crippen molar-refractivity contribution < 1.29 is 19.1 Å². The van der Waals surface area contributed by atoms with Crippen LogP contribution in [-0.2, 0) is 9.53 Å². The van der Waals surface area contributed by atoms with Crippen molar-refractivity contribution in [3.05, 3.63) is 23.2 Å². The molecule has 1 saturated carbocycles. The summed E-state index contributed by atoms with van der Waals surface area (Å²) in [6.07, 6.45) is 3.70. The fraction of sp³-hybridized carbons (Fsp3) is 0.600. The quantitative estimate of drug-likeness (QED) is 0.804. The van der Waals surface area contributed by atoms with Crippen LogP contribution in [0.4, 0.5) is 10.5 Å². The Labute approximate surface area is 169 Å². The van der Waals surface area contributed by atoms with Crippen molar-refractivity contribution in [1.29, 1.82) is 0 Å². The summed E-state index contributed by atoms with van der Waals surface area (Å²) in [6.45, 7) is 2.26. The zero-order valence-electron chi connectivity index (χ0n) is 16.0. The fourth-order valence-corrected chi connectivity index (χ4v) is 4.50. The number of anilines is 1. The Balaban J connectivity index is 1.47. The second-order valence-electron chi connectivity index (χ2n) is 7.97. The van der Waals surface area contributed by atoms with Gasteiger partial charge in [0.2, 0.25) is 5.91 Å². The number of carbonyl (C=O) groups is 2. The fourth-order valence-electron chi connectivity index (χ4n) is 4.25. The van der Waals surface area contributed by atoms with Gasteiger partial charge in [-0.05, 0) is 43.9 Å². The number of methoxy groups -OCH3 is 1. The van der Waals surface area contributed by atoms with Gasteiger partial charge in [0.05, 0.1) is 18.1 Å². The predicted molar refractivity (Wildman–Crippen MR) is 106 cm³/mol. The maximum atomic E-state index is 12.9. The molecule has 0 unspecified atom stereocenters. The summed E-state index contributed by atoms with van der Waals surface area (Å²) in [5, 5.41) is 6.46. The molecule has 1 spiro atoms. The number of rotatable bonds is 4. The molecule has 3 fully saturated rings. The van der Waals surface area contributed by atoms with Crippen LogP contribution in [0.15, 0.2) is 18.2 Å². The van der Waals surface area contributed by atoms with E-state index in [0.29, 0.717) is 48.8 Å². The molecule has 28 heavy (non-hydrogen) atoms. The molecule has 3 amide bonds. The molecular formula is C20H26ClN3O4. The van der Waals surface area contributed by atoms with Crippen LogP contribution in [0.5, 0.6) is 5.75 Å². The van der Waals surface area contributed by atoms with E-state index in [1.807, 2.05) is 0 Å². The number of hydrogen-bond donors (Lipinski definition) is 2. The Morgan fingerprint density at radius 1 is 1.29 bits per heavy atom. The molecular weight excluding hydrogens is 382 g/mol. The number of halogens is 1. The van der Waals surface area contributed by atoms with Crippen LogP contribution >= 0.6 is 11.6 Å². The zero-order valence-corrected chi connectivity index (χ0v) is 16.8. The van der Waals surface area contributed by atoms with Gasteiger partial charge in [-0.15, -0.1) is 0 Å². The van der Waals surface area contributed by atoms with Crippen LogP contribution in [0.25, 0.3) is 0 Å². The number of nitrogens with zero attached hydrogens (tertiary/aromatic N) is 1. The Hall–Kier alpha value is -1.99. The first kappa shape index (κ1) is 19.3. The molecule has 0 bridgehead atoms. The molecule has 3 aliphatic rings. The summed E-state index contributed by atoms with van der Waals surface area (Å²) in [6, 6.07) is 5.23. The topological polar surface area (TPSA) is 79.9 Å². The number of benzene rings is 1. The van der Waals surface area contributed by atoms with Gasteiger partial charge >= 0.3 is 6.03 Å². The third-order valence-corrected chi connectivity index (χ3v) is 6.36. The van der Waals surface area contributed by atoms with Crippen molar-refractivity contribution in [2.75, 3.05) is 38.7 Å². The largest absolute Gasteiger partial charge is 0.495 e. The van der Waals surface area contributed by atoms with Crippen molar-refractivity contribution in [3.63, 3.8) is 0 Å². The number of amides is 3. The lowest BCUT2D eigenvalue weighted by Crippen LogP contribution is -2.45. The summed E-state index contributed by atoms with van der Waals surface area (Å²) < 4.78 is 10.7. The van der Waals surface area contributed by atoms with Crippen LogP contribution in [0.3, 0.4) is 0 Å². The predicted octanol–water partition coefficient (Wildman–Crippen LogP) is 2.89. The van der Waals surface area contributed by atoms with E-state index in [0.717, 1.165) is 25.7 Å². The summed E-state index contributed by atoms with van der Waals surface area (Å²) in [7, 11) is 1.55. The molecule has 1 aromatic carbocycles. The monoisotopic (exact) mass is 407 g/mol. The third-order valence-electron chi connectivity index (χ3n) is 6.07. The molecule has 7 nitrogen and oxygen atoms in total. The normalized spacial score (nSPS) is 23.5. The molecule has 0 radical (unpaired) electrons. The standard InChI is InChI=1S/C20H26ClN3O4/c1-27-17-5-4-14(10-16(17)21)23-19(26)24-11-15(18(25)22-13-2-3-13)20(12-24)6-8-28-9-7-20/h4-5,10,13,15H,2-3,6-9,11-12H2,1H3,(H,22,25)(H,23,26)/t15-/m1/s1. The molecule has 2 aliphatic heterocycles. The second kappa shape index (κ2) is 7.79. The van der Waals surface area contributed by atoms with Gasteiger partial charge in [0, 0.05) is 43.4 Å². The molecule has 4 rings (SSSR count). The van der Waals surface area contributed by atoms with Crippen LogP contribution in [0, 0.1) is 11.3 Å². The lowest BCUT2D eigenvalue weighted by molar-refractivity contribution is -0.130. The molecule has 8 heteroatoms. The van der Waals surface area contributed by atoms with Crippen LogP contribution in [0.2, 0.25) is 5.02 Å². The molecule has 1 aliphatic carbocycles. The van der Waals surface area contributed by atoms with Gasteiger partial charge in [-0.2, -0.15) is 0 Å². The van der Waals surface area contributed by atoms with E-state index >= 15 is 0 Å².